The zero-order valence-electron chi connectivity index (χ0n) is 14.9. The largest absolute Gasteiger partial charge is 0.463 e. The van der Waals surface area contributed by atoms with Gasteiger partial charge in [-0.15, -0.1) is 0 Å². The summed E-state index contributed by atoms with van der Waals surface area (Å²) in [6.45, 7) is 6.42. The molecule has 3 saturated carbocycles. The molecule has 6 atom stereocenters. The van der Waals surface area contributed by atoms with Crippen LogP contribution in [0.25, 0.3) is 0 Å². The minimum Gasteiger partial charge on any atom is -0.463 e. The lowest BCUT2D eigenvalue weighted by Gasteiger charge is -2.28. The van der Waals surface area contributed by atoms with E-state index in [1.54, 1.807) is 0 Å². The van der Waals surface area contributed by atoms with Gasteiger partial charge in [-0.2, -0.15) is 0 Å². The van der Waals surface area contributed by atoms with Crippen molar-refractivity contribution in [3.63, 3.8) is 0 Å². The molecule has 0 aromatic carbocycles. The summed E-state index contributed by atoms with van der Waals surface area (Å²) < 4.78 is 17.2. The van der Waals surface area contributed by atoms with Crippen molar-refractivity contribution < 1.29 is 23.8 Å². The van der Waals surface area contributed by atoms with Gasteiger partial charge in [0.2, 0.25) is 0 Å². The summed E-state index contributed by atoms with van der Waals surface area (Å²) in [6, 6.07) is 0. The first-order valence-corrected chi connectivity index (χ1v) is 9.37. The minimum atomic E-state index is -0.448. The first-order valence-electron chi connectivity index (χ1n) is 9.37. The molecule has 134 valence electrons. The first kappa shape index (κ1) is 16.4. The Morgan fingerprint density at radius 1 is 1.29 bits per heavy atom. The maximum atomic E-state index is 12.2. The number of hydrogen-bond donors (Lipinski definition) is 0. The van der Waals surface area contributed by atoms with Gasteiger partial charge in [0.1, 0.15) is 12.7 Å². The number of fused-ring (bicyclic) bond motifs is 2. The maximum Gasteiger partial charge on any atom is 0.311 e. The molecule has 3 bridgehead atoms. The van der Waals surface area contributed by atoms with Crippen molar-refractivity contribution in [2.75, 3.05) is 13.2 Å². The Kier molecular flexibility index (Phi) is 3.72. The summed E-state index contributed by atoms with van der Waals surface area (Å²) in [5.74, 6) is 1.08. The van der Waals surface area contributed by atoms with Gasteiger partial charge in [0, 0.05) is 5.41 Å². The van der Waals surface area contributed by atoms with Crippen LogP contribution in [0.15, 0.2) is 0 Å². The molecule has 0 aromatic rings. The molecule has 4 rings (SSSR count). The van der Waals surface area contributed by atoms with Crippen LogP contribution >= 0.6 is 0 Å². The van der Waals surface area contributed by atoms with E-state index in [0.717, 1.165) is 32.1 Å². The van der Waals surface area contributed by atoms with E-state index in [4.69, 9.17) is 14.2 Å². The smallest absolute Gasteiger partial charge is 0.311 e. The summed E-state index contributed by atoms with van der Waals surface area (Å²) in [5, 5.41) is 0. The van der Waals surface area contributed by atoms with Gasteiger partial charge in [-0.05, 0) is 57.8 Å². The number of hydrogen-bond acceptors (Lipinski definition) is 5. The Morgan fingerprint density at radius 2 is 2.08 bits per heavy atom. The average molecular weight is 336 g/mol. The van der Waals surface area contributed by atoms with Crippen molar-refractivity contribution >= 4 is 11.9 Å². The van der Waals surface area contributed by atoms with Crippen molar-refractivity contribution in [1.82, 2.24) is 0 Å². The summed E-state index contributed by atoms with van der Waals surface area (Å²) in [7, 11) is 0. The molecule has 0 N–H and O–H groups in total. The molecular weight excluding hydrogens is 308 g/mol. The van der Waals surface area contributed by atoms with Crippen LogP contribution in [-0.2, 0) is 23.8 Å². The summed E-state index contributed by atoms with van der Waals surface area (Å²) in [5.41, 5.74) is -0.396. The summed E-state index contributed by atoms with van der Waals surface area (Å²) in [6.07, 6.45) is 5.03. The predicted octanol–water partition coefficient (Wildman–Crippen LogP) is 2.71. The predicted molar refractivity (Wildman–Crippen MR) is 86.0 cm³/mol. The standard InChI is InChI=1S/C19H28O5/c1-4-18(2,3)17(21)23-6-5-22-14-12-7-11-8-13-16(20)24-15(14)19(13,9-11)10-12/h11-15H,4-10H2,1-3H3/t11?,12?,13?,14?,15?,19-/m0/s1. The average Bonchev–Trinajstić information content (AvgIpc) is 3.05. The Bertz CT molecular complexity index is 556. The van der Waals surface area contributed by atoms with Crippen LogP contribution in [-0.4, -0.2) is 37.4 Å². The van der Waals surface area contributed by atoms with Crippen molar-refractivity contribution in [3.8, 4) is 0 Å². The molecule has 0 aromatic heterocycles. The SMILES string of the molecule is CCC(C)(C)C(=O)OCCOC1C2CC3CC4C(=O)OC1[C@@]4(C3)C2. The molecule has 5 nitrogen and oxygen atoms in total. The molecule has 3 aliphatic carbocycles. The van der Waals surface area contributed by atoms with Gasteiger partial charge in [-0.1, -0.05) is 6.92 Å². The van der Waals surface area contributed by atoms with E-state index in [1.165, 1.54) is 0 Å². The second-order valence-electron chi connectivity index (χ2n) is 8.86. The highest BCUT2D eigenvalue weighted by Gasteiger charge is 2.71. The van der Waals surface area contributed by atoms with Crippen molar-refractivity contribution in [1.29, 1.82) is 0 Å². The normalized spacial score (nSPS) is 42.3. The third-order valence-corrected chi connectivity index (χ3v) is 7.13. The van der Waals surface area contributed by atoms with E-state index in [0.29, 0.717) is 18.4 Å². The third-order valence-electron chi connectivity index (χ3n) is 7.13. The fourth-order valence-corrected chi connectivity index (χ4v) is 5.60. The fraction of sp³-hybridized carbons (Fsp3) is 0.895. The zero-order valence-corrected chi connectivity index (χ0v) is 14.9. The van der Waals surface area contributed by atoms with Gasteiger partial charge in [-0.3, -0.25) is 9.59 Å². The van der Waals surface area contributed by atoms with Crippen LogP contribution in [0.2, 0.25) is 0 Å². The van der Waals surface area contributed by atoms with Crippen LogP contribution in [0.1, 0.15) is 52.9 Å². The Hall–Kier alpha value is -1.10. The van der Waals surface area contributed by atoms with Crippen molar-refractivity contribution in [2.45, 2.75) is 65.1 Å². The zero-order chi connectivity index (χ0) is 17.1. The molecule has 1 saturated heterocycles. The molecule has 0 radical (unpaired) electrons. The molecular formula is C19H28O5. The topological polar surface area (TPSA) is 61.8 Å². The summed E-state index contributed by atoms with van der Waals surface area (Å²) >= 11 is 0. The molecule has 5 unspecified atom stereocenters. The van der Waals surface area contributed by atoms with E-state index in [-0.39, 0.29) is 42.1 Å². The van der Waals surface area contributed by atoms with E-state index in [1.807, 2.05) is 20.8 Å². The van der Waals surface area contributed by atoms with Gasteiger partial charge in [0.25, 0.3) is 0 Å². The Balaban J connectivity index is 1.34. The van der Waals surface area contributed by atoms with E-state index in [9.17, 15) is 9.59 Å². The minimum absolute atomic E-state index is 0.00688. The fourth-order valence-electron chi connectivity index (χ4n) is 5.60. The number of esters is 2. The lowest BCUT2D eigenvalue weighted by Crippen LogP contribution is -2.36. The quantitative estimate of drug-likeness (QED) is 0.551. The molecule has 24 heavy (non-hydrogen) atoms. The highest BCUT2D eigenvalue weighted by Crippen LogP contribution is 2.68. The van der Waals surface area contributed by atoms with Crippen LogP contribution in [0.3, 0.4) is 0 Å². The van der Waals surface area contributed by atoms with Gasteiger partial charge in [-0.25, -0.2) is 0 Å². The van der Waals surface area contributed by atoms with Crippen molar-refractivity contribution in [2.24, 2.45) is 28.6 Å². The Morgan fingerprint density at radius 3 is 2.83 bits per heavy atom. The van der Waals surface area contributed by atoms with E-state index >= 15 is 0 Å². The number of carbonyl (C=O) groups excluding carboxylic acids is 2. The van der Waals surface area contributed by atoms with Crippen LogP contribution in [0, 0.1) is 28.6 Å². The van der Waals surface area contributed by atoms with Crippen LogP contribution < -0.4 is 0 Å². The molecule has 1 aliphatic heterocycles. The second-order valence-corrected chi connectivity index (χ2v) is 8.86. The maximum absolute atomic E-state index is 12.2. The molecule has 4 fully saturated rings. The van der Waals surface area contributed by atoms with Crippen LogP contribution in [0.4, 0.5) is 0 Å². The number of carbonyl (C=O) groups is 2. The molecule has 5 heteroatoms. The van der Waals surface area contributed by atoms with Gasteiger partial charge >= 0.3 is 11.9 Å². The van der Waals surface area contributed by atoms with Gasteiger partial charge in [0.05, 0.1) is 24.0 Å². The lowest BCUT2D eigenvalue weighted by molar-refractivity contribution is -0.158. The van der Waals surface area contributed by atoms with Crippen LogP contribution in [0.5, 0.6) is 0 Å². The monoisotopic (exact) mass is 336 g/mol. The highest BCUT2D eigenvalue weighted by molar-refractivity contribution is 5.77. The first-order chi connectivity index (χ1) is 11.4. The number of rotatable bonds is 6. The van der Waals surface area contributed by atoms with E-state index < -0.39 is 5.41 Å². The molecule has 0 amide bonds. The lowest BCUT2D eigenvalue weighted by atomic mass is 9.73. The van der Waals surface area contributed by atoms with Gasteiger partial charge in [0.15, 0.2) is 0 Å². The number of ether oxygens (including phenoxy) is 3. The summed E-state index contributed by atoms with van der Waals surface area (Å²) in [4.78, 5) is 24.2. The van der Waals surface area contributed by atoms with E-state index in [2.05, 4.69) is 0 Å². The van der Waals surface area contributed by atoms with Gasteiger partial charge < -0.3 is 14.2 Å². The molecule has 1 spiro atoms. The van der Waals surface area contributed by atoms with Crippen molar-refractivity contribution in [3.05, 3.63) is 0 Å². The molecule has 1 heterocycles. The second kappa shape index (κ2) is 5.45. The Labute approximate surface area is 143 Å². The third kappa shape index (κ3) is 2.23. The highest BCUT2D eigenvalue weighted by atomic mass is 16.6. The molecule has 4 aliphatic rings.